The number of azo groups is 2. The second kappa shape index (κ2) is 24.1. The molecule has 6 aromatic rings. The normalized spacial score (nSPS) is 10.1. The van der Waals surface area contributed by atoms with Gasteiger partial charge in [-0.3, -0.25) is 0 Å². The van der Waals surface area contributed by atoms with Crippen molar-refractivity contribution in [2.24, 2.45) is 48.6 Å². The predicted octanol–water partition coefficient (Wildman–Crippen LogP) is -5.39. The van der Waals surface area contributed by atoms with Gasteiger partial charge in [0.05, 0.1) is 39.6 Å². The van der Waals surface area contributed by atoms with Gasteiger partial charge in [-0.05, 0) is 59.7 Å². The molecule has 6 rings (SSSR count). The Balaban J connectivity index is 0.000000932. The first-order chi connectivity index (χ1) is 23.2. The van der Waals surface area contributed by atoms with Crippen LogP contribution >= 0.6 is 0 Å². The molecule has 0 atom stereocenters. The number of aromatic nitrogens is 6. The van der Waals surface area contributed by atoms with Gasteiger partial charge in [0.25, 0.3) is 0 Å². The number of halogens is 4. The number of benzene rings is 4. The van der Waals surface area contributed by atoms with E-state index in [0.29, 0.717) is 11.9 Å². The first-order valence-corrected chi connectivity index (χ1v) is 15.6. The Morgan fingerprint density at radius 3 is 1.11 bits per heavy atom. The molecule has 0 radical (unpaired) electrons. The fourth-order valence-corrected chi connectivity index (χ4v) is 4.91. The molecule has 0 spiro atoms. The van der Waals surface area contributed by atoms with Crippen molar-refractivity contribution in [2.45, 2.75) is 13.1 Å². The van der Waals surface area contributed by atoms with Crippen LogP contribution in [0.4, 0.5) is 34.6 Å². The van der Waals surface area contributed by atoms with Crippen molar-refractivity contribution in [1.82, 2.24) is 19.6 Å². The van der Waals surface area contributed by atoms with E-state index in [4.69, 9.17) is 0 Å². The molecule has 0 amide bonds. The summed E-state index contributed by atoms with van der Waals surface area (Å²) in [6, 6.07) is 36.9. The summed E-state index contributed by atoms with van der Waals surface area (Å²) < 4.78 is 7.06. The van der Waals surface area contributed by atoms with Crippen molar-refractivity contribution in [3.63, 3.8) is 0 Å². The fourth-order valence-electron chi connectivity index (χ4n) is 4.91. The fraction of sp³-hybridized carbons (Fsp3) is 0.222. The van der Waals surface area contributed by atoms with Crippen molar-refractivity contribution in [2.75, 3.05) is 23.9 Å². The minimum absolute atomic E-state index is 0. The Kier molecular flexibility index (Phi) is 22.2. The molecule has 2 heterocycles. The van der Waals surface area contributed by atoms with Crippen LogP contribution in [-0.2, 0) is 60.8 Å². The van der Waals surface area contributed by atoms with Gasteiger partial charge >= 0.3 is 31.4 Å². The minimum Gasteiger partial charge on any atom is -1.00 e. The molecule has 0 bridgehead atoms. The molecular formula is C36H42Cl4N12Zn. The number of hydrogen-bond acceptors (Lipinski definition) is 8. The van der Waals surface area contributed by atoms with Crippen LogP contribution in [0.5, 0.6) is 0 Å². The van der Waals surface area contributed by atoms with Crippen LogP contribution < -0.4 is 68.6 Å². The molecule has 0 saturated heterocycles. The number of anilines is 2. The molecule has 0 aliphatic carbocycles. The maximum absolute atomic E-state index is 4.24. The van der Waals surface area contributed by atoms with E-state index in [0.717, 1.165) is 35.8 Å². The van der Waals surface area contributed by atoms with Gasteiger partial charge < -0.3 is 59.4 Å². The van der Waals surface area contributed by atoms with E-state index >= 15 is 0 Å². The smallest absolute Gasteiger partial charge is 1.00 e. The number of nitrogens with zero attached hydrogens (tertiary/aromatic N) is 12. The molecule has 4 aromatic carbocycles. The molecule has 0 unspecified atom stereocenters. The average Bonchev–Trinajstić information content (AvgIpc) is 3.61. The molecule has 276 valence electrons. The van der Waals surface area contributed by atoms with E-state index in [2.05, 4.69) is 127 Å². The van der Waals surface area contributed by atoms with Crippen LogP contribution in [0.25, 0.3) is 0 Å². The summed E-state index contributed by atoms with van der Waals surface area (Å²) in [5, 5.41) is 25.3. The maximum atomic E-state index is 4.24. The van der Waals surface area contributed by atoms with Gasteiger partial charge in [0.2, 0.25) is 0 Å². The van der Waals surface area contributed by atoms with Crippen LogP contribution in [0, 0.1) is 0 Å². The van der Waals surface area contributed by atoms with E-state index in [1.165, 1.54) is 11.1 Å². The van der Waals surface area contributed by atoms with Crippen molar-refractivity contribution in [1.29, 1.82) is 0 Å². The molecule has 17 heteroatoms. The van der Waals surface area contributed by atoms with Gasteiger partial charge in [-0.15, -0.1) is 9.36 Å². The number of hydrogen-bond donors (Lipinski definition) is 0. The summed E-state index contributed by atoms with van der Waals surface area (Å²) in [5.41, 5.74) is 6.45. The SMILES string of the molecule is CN(Cc1ccccc1)c1ccc(N=Nc2nn(C)c[n+]2C)cc1.CN(Cc1ccccc1)c1ccc(N=Nc2nn(C)c[n+]2C)cc1.[Cl-].[Cl-].[Cl-].[Cl-].[Zn+2]. The summed E-state index contributed by atoms with van der Waals surface area (Å²) in [5.74, 6) is 1.14. The third kappa shape index (κ3) is 15.0. The van der Waals surface area contributed by atoms with Gasteiger partial charge in [0.1, 0.15) is 0 Å². The standard InChI is InChI=1S/2C18H21N6.4ClH.Zn/c2*1-22(13-15-7-5-4-6-8-15)17-11-9-16(10-12-17)19-20-18-21-24(3)14-23(18)2;;;;;/h2*4-12,14H,13H2,1-3H3;4*1H;/q2*+1;;;;;+2/p-4. The Labute approximate surface area is 349 Å². The number of aryl methyl sites for hydroxylation is 4. The van der Waals surface area contributed by atoms with Crippen molar-refractivity contribution < 1.29 is 78.2 Å². The van der Waals surface area contributed by atoms with Gasteiger partial charge in [-0.2, -0.15) is 0 Å². The predicted molar refractivity (Wildman–Crippen MR) is 187 cm³/mol. The van der Waals surface area contributed by atoms with Crippen LogP contribution in [0.15, 0.2) is 142 Å². The number of rotatable bonds is 10. The topological polar surface area (TPSA) is 99.3 Å². The second-order valence-corrected chi connectivity index (χ2v) is 11.5. The molecule has 2 aromatic heterocycles. The third-order valence-electron chi connectivity index (χ3n) is 7.42. The van der Waals surface area contributed by atoms with Crippen LogP contribution in [0.1, 0.15) is 11.1 Å². The summed E-state index contributed by atoms with van der Waals surface area (Å²) in [4.78, 5) is 4.41. The summed E-state index contributed by atoms with van der Waals surface area (Å²) >= 11 is 0. The van der Waals surface area contributed by atoms with Crippen molar-refractivity contribution in [3.8, 4) is 0 Å². The molecule has 0 aliphatic heterocycles. The Hall–Kier alpha value is -4.26. The minimum atomic E-state index is 0. The molecule has 0 aliphatic rings. The molecular weight excluding hydrogens is 808 g/mol. The van der Waals surface area contributed by atoms with Crippen molar-refractivity contribution >= 4 is 34.6 Å². The summed E-state index contributed by atoms with van der Waals surface area (Å²) in [7, 11) is 11.7. The summed E-state index contributed by atoms with van der Waals surface area (Å²) in [6.45, 7) is 1.73. The first kappa shape index (κ1) is 48.7. The second-order valence-electron chi connectivity index (χ2n) is 11.5. The zero-order chi connectivity index (χ0) is 33.9. The third-order valence-corrected chi connectivity index (χ3v) is 7.42. The Morgan fingerprint density at radius 1 is 0.509 bits per heavy atom. The quantitative estimate of drug-likeness (QED) is 0.0782. The van der Waals surface area contributed by atoms with Gasteiger partial charge in [0, 0.05) is 59.0 Å². The van der Waals surface area contributed by atoms with E-state index in [9.17, 15) is 0 Å². The largest absolute Gasteiger partial charge is 2.00 e. The summed E-state index contributed by atoms with van der Waals surface area (Å²) in [6.07, 6.45) is 3.69. The average molecular weight is 850 g/mol. The van der Waals surface area contributed by atoms with E-state index in [-0.39, 0.29) is 69.1 Å². The first-order valence-electron chi connectivity index (χ1n) is 15.6. The van der Waals surface area contributed by atoms with Gasteiger partial charge in [-0.25, -0.2) is 9.13 Å². The Bertz CT molecular complexity index is 1810. The molecule has 53 heavy (non-hydrogen) atoms. The zero-order valence-corrected chi connectivity index (χ0v) is 36.5. The maximum Gasteiger partial charge on any atom is 2.00 e. The zero-order valence-electron chi connectivity index (χ0n) is 30.5. The van der Waals surface area contributed by atoms with Crippen LogP contribution in [-0.4, -0.2) is 33.7 Å². The molecule has 0 N–H and O–H groups in total. The van der Waals surface area contributed by atoms with Crippen molar-refractivity contribution in [3.05, 3.63) is 133 Å². The van der Waals surface area contributed by atoms with Crippen LogP contribution in [0.3, 0.4) is 0 Å². The molecule has 0 fully saturated rings. The van der Waals surface area contributed by atoms with Gasteiger partial charge in [-0.1, -0.05) is 70.9 Å². The Morgan fingerprint density at radius 2 is 0.830 bits per heavy atom. The van der Waals surface area contributed by atoms with Crippen LogP contribution in [0.2, 0.25) is 0 Å². The van der Waals surface area contributed by atoms with E-state index in [1.807, 2.05) is 86.4 Å². The van der Waals surface area contributed by atoms with Gasteiger partial charge in [0.15, 0.2) is 12.7 Å². The van der Waals surface area contributed by atoms with E-state index < -0.39 is 0 Å². The monoisotopic (exact) mass is 846 g/mol. The molecule has 12 nitrogen and oxygen atoms in total. The molecule has 0 saturated carbocycles. The van der Waals surface area contributed by atoms with E-state index in [1.54, 1.807) is 9.36 Å².